The zero-order valence-electron chi connectivity index (χ0n) is 60.2. The second kappa shape index (κ2) is 35.5. The third kappa shape index (κ3) is 22.6. The normalized spacial score (nSPS) is 16.3. The highest BCUT2D eigenvalue weighted by Crippen LogP contribution is 2.49. The van der Waals surface area contributed by atoms with Crippen LogP contribution in [-0.2, 0) is 88.0 Å². The van der Waals surface area contributed by atoms with Gasteiger partial charge in [-0.2, -0.15) is 34.9 Å². The molecule has 1 aromatic heterocycles. The molecule has 0 fully saturated rings. The molecule has 0 saturated heterocycles. The molecule has 564 valence electrons. The lowest BCUT2D eigenvalue weighted by molar-refractivity contribution is -0.438. The van der Waals surface area contributed by atoms with Crippen molar-refractivity contribution in [3.63, 3.8) is 0 Å². The molecule has 0 radical (unpaired) electrons. The summed E-state index contributed by atoms with van der Waals surface area (Å²) in [5, 5.41) is 11.6. The van der Waals surface area contributed by atoms with Crippen LogP contribution in [0.5, 0.6) is 0 Å². The molecule has 0 atom stereocenters. The van der Waals surface area contributed by atoms with Gasteiger partial charge >= 0.3 is 0 Å². The molecule has 5 N–H and O–H groups in total. The summed E-state index contributed by atoms with van der Waals surface area (Å²) in [5.74, 6) is -1.05. The molecule has 0 unspecified atom stereocenters. The second-order valence-electron chi connectivity index (χ2n) is 28.0. The van der Waals surface area contributed by atoms with Crippen LogP contribution < -0.4 is 15.5 Å². The SMILES string of the molecule is Cc1nn(-c2ccc(C(=O)N(C)C)c(NCCCOCCOCCOCCOCCOCCCNCc3ccc(C(C=CC4=[N+](CCCCS(=O)(=O)O)c5ccc(S(=O)(=O)O)cc5C4(C)C)=CC=C4N(CCCCS(=O)(=O)[O-])c5ccc(S(=O)(=O)O)cc5C4(C)C)cc3)c2)c2c1C(=O)CC(C)(C)C2. The van der Waals surface area contributed by atoms with Gasteiger partial charge in [-0.15, -0.1) is 0 Å². The first-order chi connectivity index (χ1) is 48.5. The molecular weight excluding hydrogens is 1410 g/mol. The predicted octanol–water partition coefficient (Wildman–Crippen LogP) is 9.29. The Morgan fingerprint density at radius 1 is 0.680 bits per heavy atom. The van der Waals surface area contributed by atoms with Crippen LogP contribution in [0, 0.1) is 12.3 Å². The fraction of sp³-hybridized carbons (Fsp3) is 0.507. The van der Waals surface area contributed by atoms with Crippen molar-refractivity contribution in [1.82, 2.24) is 20.0 Å². The number of anilines is 2. The van der Waals surface area contributed by atoms with Gasteiger partial charge in [-0.1, -0.05) is 58.0 Å². The van der Waals surface area contributed by atoms with Crippen molar-refractivity contribution < 1.29 is 89.7 Å². The van der Waals surface area contributed by atoms with Gasteiger partial charge in [0.05, 0.1) is 112 Å². The van der Waals surface area contributed by atoms with E-state index in [4.69, 9.17) is 28.8 Å². The van der Waals surface area contributed by atoms with Gasteiger partial charge < -0.3 is 48.7 Å². The van der Waals surface area contributed by atoms with Crippen molar-refractivity contribution in [2.75, 3.05) is 128 Å². The van der Waals surface area contributed by atoms with Crippen molar-refractivity contribution in [2.24, 2.45) is 5.41 Å². The van der Waals surface area contributed by atoms with Gasteiger partial charge in [0, 0.05) is 106 Å². The lowest BCUT2D eigenvalue weighted by Crippen LogP contribution is -2.28. The van der Waals surface area contributed by atoms with E-state index < -0.39 is 62.8 Å². The standard InChI is InChI=1S/C73H99N7O19S4/c1-52-69-65(49-71(2,3)50-66(69)81)80(76-52)56-22-25-59(70(82)77(8)9)62(46-56)75-31-15-35-96-37-39-98-41-43-99-42-40-97-38-36-95-34-14-30-74-51-53-16-18-54(19-17-53)55(20-28-67-72(4,5)60-47-57(102(89,90)91)23-26-63(60)78(67)32-10-12-44-100(83,84)85)21-29-68-73(6,7)61-48-58(103(92,93)94)24-27-64(61)79(68)33-11-13-45-101(86,87)88/h16-29,46-48,74H,10-15,30-45,49-51H2,1-9H3,(H4-,75,82,83,84,85,86,87,88,89,90,91,92,93,94). The number of nitrogens with zero attached hydrogens (tertiary/aromatic N) is 5. The highest BCUT2D eigenvalue weighted by Gasteiger charge is 2.46. The maximum absolute atomic E-state index is 13.1. The van der Waals surface area contributed by atoms with Crippen LogP contribution in [0.1, 0.15) is 141 Å². The number of rotatable bonds is 41. The van der Waals surface area contributed by atoms with Crippen LogP contribution in [-0.4, -0.2) is 206 Å². The molecule has 26 nitrogen and oxygen atoms in total. The molecule has 3 heterocycles. The van der Waals surface area contributed by atoms with Crippen LogP contribution in [0.4, 0.5) is 17.1 Å². The summed E-state index contributed by atoms with van der Waals surface area (Å²) in [6.45, 7) is 20.2. The van der Waals surface area contributed by atoms with Gasteiger partial charge in [0.25, 0.3) is 36.3 Å². The van der Waals surface area contributed by atoms with Gasteiger partial charge in [-0.3, -0.25) is 23.2 Å². The zero-order chi connectivity index (χ0) is 75.1. The number of hydrogen-bond donors (Lipinski definition) is 5. The number of aromatic nitrogens is 2. The molecule has 3 aliphatic rings. The van der Waals surface area contributed by atoms with Gasteiger partial charge in [0.1, 0.15) is 6.54 Å². The van der Waals surface area contributed by atoms with E-state index in [2.05, 4.69) is 24.5 Å². The fourth-order valence-corrected chi connectivity index (χ4v) is 15.3. The summed E-state index contributed by atoms with van der Waals surface area (Å²) in [6, 6.07) is 22.1. The molecule has 8 rings (SSSR count). The average molecular weight is 1510 g/mol. The zero-order valence-corrected chi connectivity index (χ0v) is 63.5. The highest BCUT2D eigenvalue weighted by molar-refractivity contribution is 7.86. The number of Topliss-reactive ketones (excluding diaryl/α,β-unsaturated/α-hetero) is 1. The summed E-state index contributed by atoms with van der Waals surface area (Å²) in [5.41, 5.74) is 8.67. The summed E-state index contributed by atoms with van der Waals surface area (Å²) >= 11 is 0. The van der Waals surface area contributed by atoms with Gasteiger partial charge in [-0.25, -0.2) is 13.1 Å². The van der Waals surface area contributed by atoms with Crippen molar-refractivity contribution in [3.8, 4) is 5.69 Å². The van der Waals surface area contributed by atoms with E-state index in [-0.39, 0.29) is 52.8 Å². The number of unbranched alkanes of at least 4 members (excludes halogenated alkanes) is 2. The molecule has 0 bridgehead atoms. The number of allylic oxidation sites excluding steroid dienone is 6. The molecule has 0 spiro atoms. The summed E-state index contributed by atoms with van der Waals surface area (Å²) in [6.07, 6.45) is 11.0. The number of ketones is 1. The molecule has 4 aromatic carbocycles. The number of aryl methyl sites for hydroxylation is 1. The van der Waals surface area contributed by atoms with E-state index in [0.717, 1.165) is 28.9 Å². The van der Waals surface area contributed by atoms with E-state index in [9.17, 15) is 61.5 Å². The monoisotopic (exact) mass is 1510 g/mol. The van der Waals surface area contributed by atoms with Crippen LogP contribution in [0.25, 0.3) is 11.3 Å². The Kier molecular flexibility index (Phi) is 28.2. The first kappa shape index (κ1) is 81.8. The number of carbonyl (C=O) groups is 2. The number of benzene rings is 4. The lowest BCUT2D eigenvalue weighted by Gasteiger charge is -2.29. The average Bonchev–Trinajstić information content (AvgIpc) is 1.61. The van der Waals surface area contributed by atoms with E-state index in [0.29, 0.717) is 180 Å². The molecule has 0 saturated carbocycles. The third-order valence-corrected chi connectivity index (χ3v) is 21.6. The highest BCUT2D eigenvalue weighted by atomic mass is 32.2. The van der Waals surface area contributed by atoms with Gasteiger partial charge in [0.2, 0.25) is 5.69 Å². The quantitative estimate of drug-likeness (QED) is 0.0105. The van der Waals surface area contributed by atoms with Crippen LogP contribution in [0.2, 0.25) is 0 Å². The number of hydrogen-bond acceptors (Lipinski definition) is 20. The Bertz CT molecular complexity index is 4450. The largest absolute Gasteiger partial charge is 0.748 e. The van der Waals surface area contributed by atoms with Crippen molar-refractivity contribution in [3.05, 3.63) is 154 Å². The molecule has 1 aliphatic carbocycles. The van der Waals surface area contributed by atoms with Gasteiger partial charge in [-0.05, 0) is 154 Å². The van der Waals surface area contributed by atoms with Crippen molar-refractivity contribution in [1.29, 1.82) is 0 Å². The topological polar surface area (TPSA) is 352 Å². The number of fused-ring (bicyclic) bond motifs is 3. The second-order valence-corrected chi connectivity index (χ2v) is 33.9. The minimum Gasteiger partial charge on any atom is -0.748 e. The first-order valence-corrected chi connectivity index (χ1v) is 40.6. The Morgan fingerprint density at radius 3 is 1.85 bits per heavy atom. The number of amides is 1. The van der Waals surface area contributed by atoms with Crippen molar-refractivity contribution >= 4 is 80.5 Å². The number of nitrogens with one attached hydrogen (secondary N) is 2. The Balaban J connectivity index is 0.789. The minimum atomic E-state index is -4.60. The Morgan fingerprint density at radius 2 is 1.26 bits per heavy atom. The summed E-state index contributed by atoms with van der Waals surface area (Å²) in [4.78, 5) is 29.1. The summed E-state index contributed by atoms with van der Waals surface area (Å²) in [7, 11) is -14.5. The predicted molar refractivity (Wildman–Crippen MR) is 393 cm³/mol. The molecule has 103 heavy (non-hydrogen) atoms. The molecule has 1 amide bonds. The first-order valence-electron chi connectivity index (χ1n) is 34.5. The number of ether oxygens (including phenoxy) is 5. The lowest BCUT2D eigenvalue weighted by atomic mass is 9.75. The van der Waals surface area contributed by atoms with E-state index in [1.54, 1.807) is 32.3 Å². The molecular formula is C73H99N7O19S4. The smallest absolute Gasteiger partial charge is 0.294 e. The van der Waals surface area contributed by atoms with Crippen molar-refractivity contribution in [2.45, 2.75) is 127 Å². The maximum Gasteiger partial charge on any atom is 0.294 e. The maximum atomic E-state index is 13.1. The minimum absolute atomic E-state index is 0.0735. The van der Waals surface area contributed by atoms with Crippen LogP contribution in [0.15, 0.2) is 119 Å². The number of carbonyl (C=O) groups excluding carboxylic acids is 2. The summed E-state index contributed by atoms with van der Waals surface area (Å²) < 4.78 is 170. The van der Waals surface area contributed by atoms with E-state index in [1.807, 2.05) is 109 Å². The molecule has 2 aliphatic heterocycles. The van der Waals surface area contributed by atoms with Crippen LogP contribution >= 0.6 is 0 Å². The van der Waals surface area contributed by atoms with E-state index in [1.165, 1.54) is 29.2 Å². The van der Waals surface area contributed by atoms with E-state index >= 15 is 0 Å². The Hall–Kier alpha value is -6.88. The van der Waals surface area contributed by atoms with Crippen LogP contribution in [0.3, 0.4) is 0 Å². The third-order valence-electron chi connectivity index (χ3n) is 18.4. The Labute approximate surface area is 606 Å². The molecule has 30 heteroatoms. The van der Waals surface area contributed by atoms with Gasteiger partial charge in [0.15, 0.2) is 11.5 Å². The molecule has 5 aromatic rings. The fourth-order valence-electron chi connectivity index (χ4n) is 13.1.